The first-order chi connectivity index (χ1) is 11.6. The van der Waals surface area contributed by atoms with Gasteiger partial charge >= 0.3 is 5.69 Å². The third-order valence-electron chi connectivity index (χ3n) is 3.93. The number of hydrogen-bond donors (Lipinski definition) is 0. The number of halogens is 1. The molecule has 0 atom stereocenters. The number of aryl methyl sites for hydroxylation is 1. The average molecular weight is 366 g/mol. The van der Waals surface area contributed by atoms with Crippen molar-refractivity contribution in [2.45, 2.75) is 11.7 Å². The highest BCUT2D eigenvalue weighted by Gasteiger charge is 2.25. The predicted molar refractivity (Wildman–Crippen MR) is 88.8 cm³/mol. The van der Waals surface area contributed by atoms with Gasteiger partial charge in [0.2, 0.25) is 15.0 Å². The zero-order valence-electron chi connectivity index (χ0n) is 13.7. The quantitative estimate of drug-likeness (QED) is 0.651. The minimum absolute atomic E-state index is 0.0649. The van der Waals surface area contributed by atoms with Gasteiger partial charge in [0, 0.05) is 25.9 Å². The third-order valence-corrected chi connectivity index (χ3v) is 4.91. The molecular formula is C15H15FN4O4S. The number of fused-ring (bicyclic) bond motifs is 1. The largest absolute Gasteiger partial charge is 0.332 e. The average Bonchev–Trinajstić information content (AvgIpc) is 2.93. The summed E-state index contributed by atoms with van der Waals surface area (Å²) in [6.45, 7) is -0.209. The van der Waals surface area contributed by atoms with E-state index >= 15 is 0 Å². The van der Waals surface area contributed by atoms with Crippen LogP contribution in [0.25, 0.3) is 11.2 Å². The van der Waals surface area contributed by atoms with Crippen molar-refractivity contribution in [2.75, 3.05) is 6.26 Å². The molecule has 0 radical (unpaired) electrons. The first-order valence-corrected chi connectivity index (χ1v) is 9.11. The van der Waals surface area contributed by atoms with Crippen molar-refractivity contribution in [3.8, 4) is 0 Å². The number of nitrogens with zero attached hydrogens (tertiary/aromatic N) is 4. The molecule has 3 rings (SSSR count). The van der Waals surface area contributed by atoms with E-state index in [9.17, 15) is 22.4 Å². The fourth-order valence-electron chi connectivity index (χ4n) is 2.65. The molecule has 10 heteroatoms. The van der Waals surface area contributed by atoms with Crippen molar-refractivity contribution in [3.63, 3.8) is 0 Å². The lowest BCUT2D eigenvalue weighted by Crippen LogP contribution is -2.37. The molecule has 0 aliphatic heterocycles. The number of imidazole rings is 1. The van der Waals surface area contributed by atoms with Crippen LogP contribution in [0.3, 0.4) is 0 Å². The maximum atomic E-state index is 14.0. The van der Waals surface area contributed by atoms with Crippen LogP contribution in [0.1, 0.15) is 5.56 Å². The molecular weight excluding hydrogens is 351 g/mol. The fourth-order valence-corrected chi connectivity index (χ4v) is 3.46. The number of hydrogen-bond acceptors (Lipinski definition) is 5. The molecule has 8 nitrogen and oxygen atoms in total. The fraction of sp³-hybridized carbons (Fsp3) is 0.267. The third kappa shape index (κ3) is 2.68. The summed E-state index contributed by atoms with van der Waals surface area (Å²) in [6, 6.07) is 5.83. The molecule has 0 unspecified atom stereocenters. The van der Waals surface area contributed by atoms with Crippen molar-refractivity contribution < 1.29 is 12.8 Å². The second-order valence-electron chi connectivity index (χ2n) is 5.72. The van der Waals surface area contributed by atoms with Gasteiger partial charge in [-0.15, -0.1) is 0 Å². The molecule has 0 spiro atoms. The highest BCUT2D eigenvalue weighted by molar-refractivity contribution is 7.90. The Kier molecular flexibility index (Phi) is 3.87. The monoisotopic (exact) mass is 366 g/mol. The molecule has 0 aliphatic carbocycles. The minimum atomic E-state index is -3.82. The van der Waals surface area contributed by atoms with E-state index in [1.54, 1.807) is 6.07 Å². The van der Waals surface area contributed by atoms with E-state index in [0.717, 1.165) is 20.0 Å². The maximum absolute atomic E-state index is 14.0. The summed E-state index contributed by atoms with van der Waals surface area (Å²) >= 11 is 0. The summed E-state index contributed by atoms with van der Waals surface area (Å²) in [4.78, 5) is 28.6. The van der Waals surface area contributed by atoms with Crippen LogP contribution < -0.4 is 11.2 Å². The molecule has 1 aromatic carbocycles. The van der Waals surface area contributed by atoms with Gasteiger partial charge in [-0.3, -0.25) is 13.9 Å². The van der Waals surface area contributed by atoms with E-state index in [0.29, 0.717) is 0 Å². The highest BCUT2D eigenvalue weighted by atomic mass is 32.2. The Balaban J connectivity index is 2.46. The van der Waals surface area contributed by atoms with Crippen molar-refractivity contribution in [1.29, 1.82) is 0 Å². The second-order valence-corrected chi connectivity index (χ2v) is 7.63. The Bertz CT molecular complexity index is 1220. The Labute approximate surface area is 141 Å². The Morgan fingerprint density at radius 1 is 1.12 bits per heavy atom. The van der Waals surface area contributed by atoms with Crippen LogP contribution in [0, 0.1) is 5.82 Å². The van der Waals surface area contributed by atoms with E-state index in [4.69, 9.17) is 0 Å². The van der Waals surface area contributed by atoms with Crippen LogP contribution >= 0.6 is 0 Å². The van der Waals surface area contributed by atoms with Gasteiger partial charge in [-0.05, 0) is 6.07 Å². The first-order valence-electron chi connectivity index (χ1n) is 7.22. The standard InChI is InChI=1S/C15H15FN4O4S/c1-18-12-11(13(21)19(2)15(18)22)20(14(17-12)25(3,23)24)8-9-6-4-5-7-10(9)16/h4-7H,8H2,1-3H3. The molecule has 2 heterocycles. The summed E-state index contributed by atoms with van der Waals surface area (Å²) in [5.41, 5.74) is -1.27. The molecule has 2 aromatic heterocycles. The summed E-state index contributed by atoms with van der Waals surface area (Å²) in [7, 11) is -1.15. The maximum Gasteiger partial charge on any atom is 0.332 e. The molecule has 0 bridgehead atoms. The van der Waals surface area contributed by atoms with Crippen LogP contribution in [-0.4, -0.2) is 33.4 Å². The summed E-state index contributed by atoms with van der Waals surface area (Å²) in [6.07, 6.45) is 0.939. The van der Waals surface area contributed by atoms with Gasteiger partial charge in [0.1, 0.15) is 5.82 Å². The van der Waals surface area contributed by atoms with E-state index in [1.165, 1.54) is 32.3 Å². The van der Waals surface area contributed by atoms with Crippen LogP contribution in [0.5, 0.6) is 0 Å². The summed E-state index contributed by atoms with van der Waals surface area (Å²) < 4.78 is 41.3. The Morgan fingerprint density at radius 3 is 2.36 bits per heavy atom. The SMILES string of the molecule is Cn1c(=O)c2c(nc(S(C)(=O)=O)n2Cc2ccccc2F)n(C)c1=O. The molecule has 0 saturated heterocycles. The first kappa shape index (κ1) is 17.1. The molecule has 25 heavy (non-hydrogen) atoms. The van der Waals surface area contributed by atoms with Crippen molar-refractivity contribution >= 4 is 21.0 Å². The molecule has 0 N–H and O–H groups in total. The van der Waals surface area contributed by atoms with Gasteiger partial charge in [0.25, 0.3) is 5.56 Å². The smallest absolute Gasteiger partial charge is 0.304 e. The topological polar surface area (TPSA) is 96.0 Å². The van der Waals surface area contributed by atoms with E-state index in [-0.39, 0.29) is 23.3 Å². The molecule has 3 aromatic rings. The zero-order valence-corrected chi connectivity index (χ0v) is 14.5. The summed E-state index contributed by atoms with van der Waals surface area (Å²) in [5, 5.41) is -0.399. The molecule has 132 valence electrons. The van der Waals surface area contributed by atoms with Crippen LogP contribution in [0.4, 0.5) is 4.39 Å². The van der Waals surface area contributed by atoms with Gasteiger partial charge < -0.3 is 4.57 Å². The van der Waals surface area contributed by atoms with Gasteiger partial charge in [-0.2, -0.15) is 4.98 Å². The van der Waals surface area contributed by atoms with Gasteiger partial charge in [-0.25, -0.2) is 17.6 Å². The number of rotatable bonds is 3. The lowest BCUT2D eigenvalue weighted by atomic mass is 10.2. The summed E-state index contributed by atoms with van der Waals surface area (Å²) in [5.74, 6) is -0.537. The Hall–Kier alpha value is -2.75. The Morgan fingerprint density at radius 2 is 1.76 bits per heavy atom. The van der Waals surface area contributed by atoms with Gasteiger partial charge in [-0.1, -0.05) is 18.2 Å². The normalized spacial score (nSPS) is 12.0. The van der Waals surface area contributed by atoms with Crippen LogP contribution in [-0.2, 0) is 30.5 Å². The van der Waals surface area contributed by atoms with Crippen LogP contribution in [0.15, 0.2) is 39.0 Å². The molecule has 0 aliphatic rings. The van der Waals surface area contributed by atoms with Gasteiger partial charge in [0.15, 0.2) is 11.2 Å². The van der Waals surface area contributed by atoms with Crippen LogP contribution in [0.2, 0.25) is 0 Å². The lowest BCUT2D eigenvalue weighted by molar-refractivity contribution is 0.568. The van der Waals surface area contributed by atoms with Gasteiger partial charge in [0.05, 0.1) is 6.54 Å². The van der Waals surface area contributed by atoms with E-state index in [1.807, 2.05) is 0 Å². The number of benzene rings is 1. The molecule has 0 saturated carbocycles. The predicted octanol–water partition coefficient (Wildman–Crippen LogP) is 0.0246. The number of sulfone groups is 1. The minimum Gasteiger partial charge on any atom is -0.304 e. The molecule has 0 amide bonds. The van der Waals surface area contributed by atoms with Crippen molar-refractivity contribution in [3.05, 3.63) is 56.5 Å². The van der Waals surface area contributed by atoms with E-state index < -0.39 is 32.1 Å². The second kappa shape index (κ2) is 5.66. The van der Waals surface area contributed by atoms with Crippen molar-refractivity contribution in [1.82, 2.24) is 18.7 Å². The number of aromatic nitrogens is 4. The van der Waals surface area contributed by atoms with Crippen molar-refractivity contribution in [2.24, 2.45) is 14.1 Å². The highest BCUT2D eigenvalue weighted by Crippen LogP contribution is 2.19. The molecule has 0 fully saturated rings. The lowest BCUT2D eigenvalue weighted by Gasteiger charge is -2.09. The zero-order chi connectivity index (χ0) is 18.5. The van der Waals surface area contributed by atoms with E-state index in [2.05, 4.69) is 4.98 Å².